The number of hydrogen-bond acceptors (Lipinski definition) is 4. The summed E-state index contributed by atoms with van der Waals surface area (Å²) in [6.07, 6.45) is 3.92. The fourth-order valence-electron chi connectivity index (χ4n) is 2.18. The molecule has 0 spiro atoms. The third-order valence-electron chi connectivity index (χ3n) is 3.56. The highest BCUT2D eigenvalue weighted by Crippen LogP contribution is 2.16. The number of hydrogen-bond donors (Lipinski definition) is 1. The maximum absolute atomic E-state index is 11.4. The number of nitrogens with zero attached hydrogens (tertiary/aromatic N) is 2. The summed E-state index contributed by atoms with van der Waals surface area (Å²) in [5.41, 5.74) is 2.26. The van der Waals surface area contributed by atoms with Crippen molar-refractivity contribution in [2.45, 2.75) is 24.3 Å². The first-order chi connectivity index (χ1) is 9.88. The zero-order valence-corrected chi connectivity index (χ0v) is 13.4. The maximum Gasteiger partial charge on any atom is 0.175 e. The minimum atomic E-state index is -3.13. The van der Waals surface area contributed by atoms with Gasteiger partial charge in [-0.25, -0.2) is 8.42 Å². The van der Waals surface area contributed by atoms with Gasteiger partial charge >= 0.3 is 0 Å². The minimum absolute atomic E-state index is 0.173. The Morgan fingerprint density at radius 1 is 1.24 bits per heavy atom. The number of benzene rings is 1. The molecule has 1 unspecified atom stereocenters. The van der Waals surface area contributed by atoms with Crippen LogP contribution in [0, 0.1) is 0 Å². The van der Waals surface area contributed by atoms with Gasteiger partial charge in [0.25, 0.3) is 0 Å². The minimum Gasteiger partial charge on any atom is -0.310 e. The summed E-state index contributed by atoms with van der Waals surface area (Å²) in [6.45, 7) is 2.91. The van der Waals surface area contributed by atoms with Crippen molar-refractivity contribution in [1.29, 1.82) is 0 Å². The molecule has 1 atom stereocenters. The molecule has 0 amide bonds. The monoisotopic (exact) mass is 307 g/mol. The lowest BCUT2D eigenvalue weighted by atomic mass is 10.1. The summed E-state index contributed by atoms with van der Waals surface area (Å²) in [6, 6.07) is 9.21. The van der Waals surface area contributed by atoms with Crippen LogP contribution in [-0.4, -0.2) is 31.0 Å². The van der Waals surface area contributed by atoms with Gasteiger partial charge in [-0.15, -0.1) is 0 Å². The Morgan fingerprint density at radius 3 is 2.43 bits per heavy atom. The molecule has 0 fully saturated rings. The van der Waals surface area contributed by atoms with E-state index < -0.39 is 9.84 Å². The first kappa shape index (κ1) is 15.7. The lowest BCUT2D eigenvalue weighted by Crippen LogP contribution is -2.22. The van der Waals surface area contributed by atoms with Gasteiger partial charge in [0.15, 0.2) is 9.84 Å². The standard InChI is InChI=1S/C15H21N3O2S/c1-12(16-10-8-14-9-11-17-18(14)2)13-4-6-15(7-5-13)21(3,19)20/h4-7,9,11-12,16H,8,10H2,1-3H3. The van der Waals surface area contributed by atoms with E-state index >= 15 is 0 Å². The van der Waals surface area contributed by atoms with Gasteiger partial charge < -0.3 is 5.32 Å². The molecule has 0 aliphatic carbocycles. The second kappa shape index (κ2) is 6.41. The van der Waals surface area contributed by atoms with Crippen LogP contribution in [0.25, 0.3) is 0 Å². The van der Waals surface area contributed by atoms with Crippen molar-refractivity contribution >= 4 is 9.84 Å². The van der Waals surface area contributed by atoms with Crippen LogP contribution in [0.3, 0.4) is 0 Å². The second-order valence-corrected chi connectivity index (χ2v) is 7.23. The number of nitrogens with one attached hydrogen (secondary N) is 1. The quantitative estimate of drug-likeness (QED) is 0.882. The zero-order valence-electron chi connectivity index (χ0n) is 12.6. The van der Waals surface area contributed by atoms with Gasteiger partial charge in [-0.05, 0) is 30.7 Å². The average Bonchev–Trinajstić information content (AvgIpc) is 2.83. The summed E-state index contributed by atoms with van der Waals surface area (Å²) in [5.74, 6) is 0. The van der Waals surface area contributed by atoms with E-state index in [0.717, 1.165) is 18.5 Å². The van der Waals surface area contributed by atoms with E-state index in [-0.39, 0.29) is 6.04 Å². The van der Waals surface area contributed by atoms with Crippen molar-refractivity contribution in [1.82, 2.24) is 15.1 Å². The fourth-order valence-corrected chi connectivity index (χ4v) is 2.82. The molecule has 2 aromatic rings. The van der Waals surface area contributed by atoms with Crippen molar-refractivity contribution in [3.63, 3.8) is 0 Å². The number of aromatic nitrogens is 2. The van der Waals surface area contributed by atoms with E-state index in [1.165, 1.54) is 11.9 Å². The largest absolute Gasteiger partial charge is 0.310 e. The maximum atomic E-state index is 11.4. The van der Waals surface area contributed by atoms with Crippen LogP contribution in [0.4, 0.5) is 0 Å². The Balaban J connectivity index is 1.91. The van der Waals surface area contributed by atoms with Gasteiger partial charge in [0.2, 0.25) is 0 Å². The predicted octanol–water partition coefficient (Wildman–Crippen LogP) is 1.72. The molecule has 1 aromatic heterocycles. The zero-order chi connectivity index (χ0) is 15.5. The van der Waals surface area contributed by atoms with Crippen LogP contribution >= 0.6 is 0 Å². The lowest BCUT2D eigenvalue weighted by molar-refractivity contribution is 0.563. The first-order valence-corrected chi connectivity index (χ1v) is 8.77. The van der Waals surface area contributed by atoms with Gasteiger partial charge in [0, 0.05) is 44.2 Å². The second-order valence-electron chi connectivity index (χ2n) is 5.21. The van der Waals surface area contributed by atoms with Gasteiger partial charge in [-0.2, -0.15) is 5.10 Å². The highest BCUT2D eigenvalue weighted by Gasteiger charge is 2.09. The Kier molecular flexibility index (Phi) is 4.80. The highest BCUT2D eigenvalue weighted by atomic mass is 32.2. The van der Waals surface area contributed by atoms with Crippen LogP contribution < -0.4 is 5.32 Å². The third-order valence-corrected chi connectivity index (χ3v) is 4.69. The third kappa shape index (κ3) is 4.15. The molecule has 21 heavy (non-hydrogen) atoms. The molecule has 0 saturated heterocycles. The smallest absolute Gasteiger partial charge is 0.175 e. The highest BCUT2D eigenvalue weighted by molar-refractivity contribution is 7.90. The molecule has 114 valence electrons. The summed E-state index contributed by atoms with van der Waals surface area (Å²) in [5, 5.41) is 7.57. The molecule has 0 radical (unpaired) electrons. The fraction of sp³-hybridized carbons (Fsp3) is 0.400. The number of aryl methyl sites for hydroxylation is 1. The van der Waals surface area contributed by atoms with Crippen molar-refractivity contribution in [3.05, 3.63) is 47.8 Å². The number of sulfone groups is 1. The topological polar surface area (TPSA) is 64.0 Å². The Bertz CT molecular complexity index is 690. The van der Waals surface area contributed by atoms with Crippen LogP contribution in [0.2, 0.25) is 0 Å². The van der Waals surface area contributed by atoms with Crippen molar-refractivity contribution < 1.29 is 8.42 Å². The van der Waals surface area contributed by atoms with Gasteiger partial charge in [-0.1, -0.05) is 12.1 Å². The molecule has 0 bridgehead atoms. The molecule has 0 aliphatic rings. The summed E-state index contributed by atoms with van der Waals surface area (Å²) < 4.78 is 24.7. The van der Waals surface area contributed by atoms with E-state index in [1.807, 2.05) is 29.9 Å². The van der Waals surface area contributed by atoms with Crippen LogP contribution in [0.15, 0.2) is 41.4 Å². The van der Waals surface area contributed by atoms with E-state index in [2.05, 4.69) is 17.3 Å². The van der Waals surface area contributed by atoms with Crippen molar-refractivity contribution in [2.75, 3.05) is 12.8 Å². The lowest BCUT2D eigenvalue weighted by Gasteiger charge is -2.14. The van der Waals surface area contributed by atoms with Gasteiger partial charge in [0.1, 0.15) is 0 Å². The van der Waals surface area contributed by atoms with Crippen LogP contribution in [-0.2, 0) is 23.3 Å². The molecular formula is C15H21N3O2S. The van der Waals surface area contributed by atoms with E-state index in [9.17, 15) is 8.42 Å². The first-order valence-electron chi connectivity index (χ1n) is 6.88. The summed E-state index contributed by atoms with van der Waals surface area (Å²) >= 11 is 0. The molecule has 0 saturated carbocycles. The average molecular weight is 307 g/mol. The van der Waals surface area contributed by atoms with Crippen molar-refractivity contribution in [2.24, 2.45) is 7.05 Å². The molecule has 6 heteroatoms. The molecular weight excluding hydrogens is 286 g/mol. The van der Waals surface area contributed by atoms with E-state index in [1.54, 1.807) is 18.3 Å². The van der Waals surface area contributed by atoms with Crippen molar-refractivity contribution in [3.8, 4) is 0 Å². The Morgan fingerprint density at radius 2 is 1.90 bits per heavy atom. The summed E-state index contributed by atoms with van der Waals surface area (Å²) in [4.78, 5) is 0.355. The van der Waals surface area contributed by atoms with Gasteiger partial charge in [0.05, 0.1) is 4.90 Å². The Labute approximate surface area is 125 Å². The normalized spacial score (nSPS) is 13.3. The molecule has 1 N–H and O–H groups in total. The molecule has 5 nitrogen and oxygen atoms in total. The summed E-state index contributed by atoms with van der Waals surface area (Å²) in [7, 11) is -1.19. The van der Waals surface area contributed by atoms with Crippen LogP contribution in [0.1, 0.15) is 24.2 Å². The van der Waals surface area contributed by atoms with Crippen LogP contribution in [0.5, 0.6) is 0 Å². The number of rotatable bonds is 6. The van der Waals surface area contributed by atoms with E-state index in [0.29, 0.717) is 4.90 Å². The van der Waals surface area contributed by atoms with Gasteiger partial charge in [-0.3, -0.25) is 4.68 Å². The molecule has 0 aliphatic heterocycles. The van der Waals surface area contributed by atoms with E-state index in [4.69, 9.17) is 0 Å². The molecule has 2 rings (SSSR count). The Hall–Kier alpha value is -1.66. The predicted molar refractivity (Wildman–Crippen MR) is 82.9 cm³/mol. The molecule has 1 heterocycles. The molecule has 1 aromatic carbocycles. The SMILES string of the molecule is CC(NCCc1ccnn1C)c1ccc(S(C)(=O)=O)cc1.